The van der Waals surface area contributed by atoms with Crippen LogP contribution in [0.15, 0.2) is 28.9 Å². The van der Waals surface area contributed by atoms with Gasteiger partial charge in [0.1, 0.15) is 5.15 Å². The van der Waals surface area contributed by atoms with Crippen molar-refractivity contribution in [3.8, 4) is 0 Å². The number of rotatable bonds is 2. The molecule has 0 N–H and O–H groups in total. The summed E-state index contributed by atoms with van der Waals surface area (Å²) >= 11 is 9.55. The predicted octanol–water partition coefficient (Wildman–Crippen LogP) is 4.05. The highest BCUT2D eigenvalue weighted by atomic mass is 79.9. The molecule has 1 aromatic heterocycles. The third-order valence-corrected chi connectivity index (χ3v) is 8.22. The van der Waals surface area contributed by atoms with E-state index in [1.54, 1.807) is 6.20 Å². The number of anilines is 1. The minimum absolute atomic E-state index is 0.159. The zero-order chi connectivity index (χ0) is 16.9. The van der Waals surface area contributed by atoms with Gasteiger partial charge < -0.3 is 4.90 Å². The van der Waals surface area contributed by atoms with Gasteiger partial charge in [-0.25, -0.2) is 13.4 Å². The first kappa shape index (κ1) is 16.6. The zero-order valence-corrected chi connectivity index (χ0v) is 16.2. The minimum atomic E-state index is -2.91. The predicted molar refractivity (Wildman–Crippen MR) is 102 cm³/mol. The molecule has 2 aromatic rings. The van der Waals surface area contributed by atoms with E-state index in [1.165, 1.54) is 0 Å². The van der Waals surface area contributed by atoms with Crippen LogP contribution in [-0.4, -0.2) is 37.5 Å². The van der Waals surface area contributed by atoms with Crippen molar-refractivity contribution in [2.24, 2.45) is 5.92 Å². The molecule has 4 nitrogen and oxygen atoms in total. The lowest BCUT2D eigenvalue weighted by atomic mass is 9.91. The van der Waals surface area contributed by atoms with Gasteiger partial charge in [-0.05, 0) is 36.4 Å². The molecule has 0 aliphatic carbocycles. The standard InChI is InChI=1S/C17H18BrClN2O2S/c18-13-5-11-6-17(19)20-8-14(11)15(7-13)21-9-12(10-21)16-3-1-2-4-24(16,22)23/h5-8,12,16H,1-4,9-10H2. The lowest BCUT2D eigenvalue weighted by Gasteiger charge is -2.45. The molecule has 1 aromatic carbocycles. The van der Waals surface area contributed by atoms with Gasteiger partial charge in [0.2, 0.25) is 0 Å². The zero-order valence-electron chi connectivity index (χ0n) is 13.1. The molecule has 128 valence electrons. The smallest absolute Gasteiger partial charge is 0.153 e. The van der Waals surface area contributed by atoms with Crippen LogP contribution >= 0.6 is 27.5 Å². The third-order valence-electron chi connectivity index (χ3n) is 5.15. The SMILES string of the molecule is O=S1(=O)CCCCC1C1CN(c2cc(Br)cc3cc(Cl)ncc23)C1. The van der Waals surface area contributed by atoms with Crippen LogP contribution in [0.1, 0.15) is 19.3 Å². The Morgan fingerprint density at radius 3 is 2.75 bits per heavy atom. The number of pyridine rings is 1. The molecule has 4 rings (SSSR count). The van der Waals surface area contributed by atoms with Crippen molar-refractivity contribution in [2.45, 2.75) is 24.5 Å². The molecule has 3 heterocycles. The summed E-state index contributed by atoms with van der Waals surface area (Å²) in [5.74, 6) is 0.598. The van der Waals surface area contributed by atoms with Gasteiger partial charge in [-0.15, -0.1) is 0 Å². The van der Waals surface area contributed by atoms with Crippen LogP contribution in [0.25, 0.3) is 10.8 Å². The van der Waals surface area contributed by atoms with E-state index in [0.717, 1.165) is 53.3 Å². The molecule has 7 heteroatoms. The molecule has 2 aliphatic heterocycles. The molecule has 2 fully saturated rings. The van der Waals surface area contributed by atoms with Gasteiger partial charge in [0.25, 0.3) is 0 Å². The second kappa shape index (κ2) is 6.15. The van der Waals surface area contributed by atoms with E-state index in [4.69, 9.17) is 11.6 Å². The van der Waals surface area contributed by atoms with Gasteiger partial charge in [0.05, 0.1) is 11.0 Å². The van der Waals surface area contributed by atoms with Crippen molar-refractivity contribution >= 4 is 53.8 Å². The maximum absolute atomic E-state index is 12.3. The van der Waals surface area contributed by atoms with Crippen LogP contribution in [-0.2, 0) is 9.84 Å². The van der Waals surface area contributed by atoms with Gasteiger partial charge >= 0.3 is 0 Å². The van der Waals surface area contributed by atoms with Crippen LogP contribution in [0.4, 0.5) is 5.69 Å². The van der Waals surface area contributed by atoms with E-state index in [2.05, 4.69) is 31.9 Å². The van der Waals surface area contributed by atoms with Crippen molar-refractivity contribution in [3.63, 3.8) is 0 Å². The Kier molecular flexibility index (Phi) is 4.25. The highest BCUT2D eigenvalue weighted by Crippen LogP contribution is 2.38. The second-order valence-electron chi connectivity index (χ2n) is 6.72. The number of nitrogens with zero attached hydrogens (tertiary/aromatic N) is 2. The molecule has 2 aliphatic rings. The Bertz CT molecular complexity index is 892. The van der Waals surface area contributed by atoms with Crippen molar-refractivity contribution in [1.29, 1.82) is 0 Å². The molecule has 0 amide bonds. The van der Waals surface area contributed by atoms with Crippen LogP contribution in [0.5, 0.6) is 0 Å². The number of hydrogen-bond acceptors (Lipinski definition) is 4. The van der Waals surface area contributed by atoms with Crippen LogP contribution < -0.4 is 4.90 Å². The topological polar surface area (TPSA) is 50.3 Å². The van der Waals surface area contributed by atoms with Gasteiger partial charge in [0, 0.05) is 40.8 Å². The van der Waals surface area contributed by atoms with E-state index in [1.807, 2.05) is 12.1 Å². The highest BCUT2D eigenvalue weighted by Gasteiger charge is 2.42. The van der Waals surface area contributed by atoms with Gasteiger partial charge in [-0.3, -0.25) is 0 Å². The fourth-order valence-corrected chi connectivity index (χ4v) is 6.71. The molecular weight excluding hydrogens is 412 g/mol. The summed E-state index contributed by atoms with van der Waals surface area (Å²) in [6.45, 7) is 1.58. The minimum Gasteiger partial charge on any atom is -0.370 e. The van der Waals surface area contributed by atoms with Crippen LogP contribution in [0, 0.1) is 5.92 Å². The Morgan fingerprint density at radius 2 is 2.00 bits per heavy atom. The largest absolute Gasteiger partial charge is 0.370 e. The molecular formula is C17H18BrClN2O2S. The quantitative estimate of drug-likeness (QED) is 0.676. The summed E-state index contributed by atoms with van der Waals surface area (Å²) in [6.07, 6.45) is 4.46. The molecule has 0 spiro atoms. The highest BCUT2D eigenvalue weighted by molar-refractivity contribution is 9.10. The van der Waals surface area contributed by atoms with Crippen molar-refractivity contribution < 1.29 is 8.42 Å². The second-order valence-corrected chi connectivity index (χ2v) is 10.4. The number of halogens is 2. The third kappa shape index (κ3) is 2.93. The average Bonchev–Trinajstić information content (AvgIpc) is 2.46. The molecule has 1 unspecified atom stereocenters. The summed E-state index contributed by atoms with van der Waals surface area (Å²) < 4.78 is 25.6. The first-order valence-corrected chi connectivity index (χ1v) is 11.0. The number of hydrogen-bond donors (Lipinski definition) is 0. The van der Waals surface area contributed by atoms with Gasteiger partial charge in [-0.2, -0.15) is 0 Å². The maximum Gasteiger partial charge on any atom is 0.153 e. The van der Waals surface area contributed by atoms with Gasteiger partial charge in [-0.1, -0.05) is 34.0 Å². The van der Waals surface area contributed by atoms with E-state index in [0.29, 0.717) is 10.9 Å². The van der Waals surface area contributed by atoms with Crippen LogP contribution in [0.2, 0.25) is 5.15 Å². The fourth-order valence-electron chi connectivity index (χ4n) is 3.89. The molecule has 0 saturated carbocycles. The van der Waals surface area contributed by atoms with Crippen molar-refractivity contribution in [3.05, 3.63) is 34.0 Å². The molecule has 2 saturated heterocycles. The Labute approximate surface area is 155 Å². The molecule has 1 atom stereocenters. The number of fused-ring (bicyclic) bond motifs is 1. The first-order chi connectivity index (χ1) is 11.4. The molecule has 0 radical (unpaired) electrons. The van der Waals surface area contributed by atoms with E-state index < -0.39 is 9.84 Å². The van der Waals surface area contributed by atoms with Crippen molar-refractivity contribution in [2.75, 3.05) is 23.7 Å². The van der Waals surface area contributed by atoms with E-state index >= 15 is 0 Å². The molecule has 24 heavy (non-hydrogen) atoms. The molecule has 0 bridgehead atoms. The summed E-state index contributed by atoms with van der Waals surface area (Å²) in [5.41, 5.74) is 1.09. The summed E-state index contributed by atoms with van der Waals surface area (Å²) in [4.78, 5) is 6.45. The fraction of sp³-hybridized carbons (Fsp3) is 0.471. The summed E-state index contributed by atoms with van der Waals surface area (Å²) in [5, 5.41) is 2.40. The number of sulfone groups is 1. The average molecular weight is 430 g/mol. The Hall–Kier alpha value is -0.850. The van der Waals surface area contributed by atoms with E-state index in [9.17, 15) is 8.42 Å². The first-order valence-electron chi connectivity index (χ1n) is 8.15. The number of benzene rings is 1. The van der Waals surface area contributed by atoms with Crippen LogP contribution in [0.3, 0.4) is 0 Å². The lowest BCUT2D eigenvalue weighted by Crippen LogP contribution is -2.55. The summed E-state index contributed by atoms with van der Waals surface area (Å²) in [6, 6.07) is 5.95. The lowest BCUT2D eigenvalue weighted by molar-refractivity contribution is 0.360. The Balaban J connectivity index is 1.60. The Morgan fingerprint density at radius 1 is 1.21 bits per heavy atom. The summed E-state index contributed by atoms with van der Waals surface area (Å²) in [7, 11) is -2.91. The van der Waals surface area contributed by atoms with E-state index in [-0.39, 0.29) is 11.2 Å². The maximum atomic E-state index is 12.3. The van der Waals surface area contributed by atoms with Gasteiger partial charge in [0.15, 0.2) is 9.84 Å². The normalized spacial score (nSPS) is 24.1. The monoisotopic (exact) mass is 428 g/mol. The van der Waals surface area contributed by atoms with Crippen molar-refractivity contribution in [1.82, 2.24) is 4.98 Å². The number of aromatic nitrogens is 1.